The smallest absolute Gasteiger partial charge is 0.335 e. The van der Waals surface area contributed by atoms with Gasteiger partial charge in [-0.25, -0.2) is 4.79 Å². The van der Waals surface area contributed by atoms with Gasteiger partial charge in [0.15, 0.2) is 12.2 Å². The van der Waals surface area contributed by atoms with Gasteiger partial charge in [-0.3, -0.25) is 4.79 Å². The van der Waals surface area contributed by atoms with Crippen molar-refractivity contribution in [2.45, 2.75) is 82.8 Å². The fraction of sp³-hybridized carbons (Fsp3) is 0.562. The fourth-order valence-electron chi connectivity index (χ4n) is 5.67. The number of carbonyl (C=O) groups is 2. The molecule has 0 heterocycles. The molecule has 0 saturated carbocycles. The third-order valence-corrected chi connectivity index (χ3v) is 8.05. The van der Waals surface area contributed by atoms with Crippen LogP contribution in [-0.2, 0) is 40.0 Å². The number of nitrogens with one attached hydrogen (secondary N) is 2. The summed E-state index contributed by atoms with van der Waals surface area (Å²) in [6.45, 7) is 2.30. The molecule has 8 heteroatoms. The van der Waals surface area contributed by atoms with Gasteiger partial charge < -0.3 is 30.5 Å². The van der Waals surface area contributed by atoms with Crippen LogP contribution in [0.2, 0.25) is 0 Å². The third kappa shape index (κ3) is 8.45. The summed E-state index contributed by atoms with van der Waals surface area (Å²) < 4.78 is 5.63. The number of carboxylic acids is 1. The number of ether oxygens (including phenoxy) is 1. The average molecular weight is 552 g/mol. The zero-order valence-corrected chi connectivity index (χ0v) is 23.8. The number of likely N-dealkylation sites (N-methyl/N-ethyl adjacent to an activating group) is 1. The first-order valence-corrected chi connectivity index (χ1v) is 14.9. The van der Waals surface area contributed by atoms with E-state index in [9.17, 15) is 19.8 Å². The van der Waals surface area contributed by atoms with E-state index in [2.05, 4.69) is 47.0 Å². The lowest BCUT2D eigenvalue weighted by Crippen LogP contribution is -2.48. The number of unbranched alkanes of at least 4 members (excludes halogenated alkanes) is 3. The first kappa shape index (κ1) is 29.9. The van der Waals surface area contributed by atoms with Gasteiger partial charge in [0.25, 0.3) is 5.91 Å². The summed E-state index contributed by atoms with van der Waals surface area (Å²) in [5.41, 5.74) is 8.06. The van der Waals surface area contributed by atoms with E-state index in [1.807, 2.05) is 0 Å². The van der Waals surface area contributed by atoms with Crippen LogP contribution in [0, 0.1) is 0 Å². The average Bonchev–Trinajstić information content (AvgIpc) is 3.62. The molecule has 0 aliphatic heterocycles. The minimum atomic E-state index is -1.89. The van der Waals surface area contributed by atoms with Gasteiger partial charge in [0.05, 0.1) is 0 Å². The van der Waals surface area contributed by atoms with Crippen LogP contribution in [0.25, 0.3) is 0 Å². The molecule has 2 aliphatic rings. The lowest BCUT2D eigenvalue weighted by molar-refractivity contribution is -0.166. The Morgan fingerprint density at radius 3 is 1.95 bits per heavy atom. The lowest BCUT2D eigenvalue weighted by atomic mass is 10.1. The maximum atomic E-state index is 12.9. The highest BCUT2D eigenvalue weighted by Crippen LogP contribution is 2.26. The second-order valence-corrected chi connectivity index (χ2v) is 11.1. The summed E-state index contributed by atoms with van der Waals surface area (Å²) in [5.74, 6) is -1.95. The number of anilines is 2. The summed E-state index contributed by atoms with van der Waals surface area (Å²) in [6.07, 6.45) is 7.96. The quantitative estimate of drug-likeness (QED) is 0.215. The van der Waals surface area contributed by atoms with Crippen LogP contribution in [0.15, 0.2) is 36.4 Å². The maximum absolute atomic E-state index is 12.9. The van der Waals surface area contributed by atoms with Gasteiger partial charge in [-0.2, -0.15) is 0 Å². The van der Waals surface area contributed by atoms with Crippen molar-refractivity contribution >= 4 is 23.3 Å². The minimum absolute atomic E-state index is 0.203. The number of fused-ring (bicyclic) bond motifs is 2. The van der Waals surface area contributed by atoms with E-state index in [4.69, 9.17) is 4.74 Å². The van der Waals surface area contributed by atoms with Crippen LogP contribution in [0.5, 0.6) is 0 Å². The third-order valence-electron chi connectivity index (χ3n) is 8.05. The molecule has 0 radical (unpaired) electrons. The molecule has 0 fully saturated rings. The standard InChI is InChI=1S/C32H45N3O5/c1-35(19-5-2-3-17-33-27-15-13-23-9-7-11-25(23)21-27)31(37)30(29(36)32(38)39)40-20-6-4-18-34-28-16-14-24-10-8-12-26(24)22-28/h13-16,21-22,29-30,33-34,36H,2-12,17-20H2,1H3,(H,38,39). The molecule has 1 amide bonds. The molecule has 2 atom stereocenters. The number of hydrogen-bond acceptors (Lipinski definition) is 6. The largest absolute Gasteiger partial charge is 0.479 e. The molecule has 8 nitrogen and oxygen atoms in total. The van der Waals surface area contributed by atoms with Gasteiger partial charge in [-0.05, 0) is 117 Å². The van der Waals surface area contributed by atoms with E-state index in [1.165, 1.54) is 52.8 Å². The second kappa shape index (κ2) is 15.1. The van der Waals surface area contributed by atoms with Crippen LogP contribution in [0.1, 0.15) is 67.2 Å². The first-order valence-electron chi connectivity index (χ1n) is 14.9. The van der Waals surface area contributed by atoms with E-state index in [-0.39, 0.29) is 6.61 Å². The number of aryl methyl sites for hydroxylation is 4. The van der Waals surface area contributed by atoms with E-state index in [0.29, 0.717) is 13.0 Å². The lowest BCUT2D eigenvalue weighted by Gasteiger charge is -2.25. The molecule has 40 heavy (non-hydrogen) atoms. The van der Waals surface area contributed by atoms with E-state index in [1.54, 1.807) is 7.05 Å². The fourth-order valence-corrected chi connectivity index (χ4v) is 5.67. The van der Waals surface area contributed by atoms with Gasteiger partial charge in [-0.15, -0.1) is 0 Å². The Morgan fingerprint density at radius 1 is 0.825 bits per heavy atom. The zero-order valence-electron chi connectivity index (χ0n) is 23.8. The number of aliphatic carboxylic acids is 1. The van der Waals surface area contributed by atoms with Gasteiger partial charge in [0.1, 0.15) is 0 Å². The van der Waals surface area contributed by atoms with Crippen molar-refractivity contribution < 1.29 is 24.5 Å². The molecule has 0 spiro atoms. The molecule has 4 N–H and O–H groups in total. The molecule has 4 rings (SSSR count). The molecule has 2 aromatic carbocycles. The van der Waals surface area contributed by atoms with Gasteiger partial charge in [-0.1, -0.05) is 12.1 Å². The molecule has 0 bridgehead atoms. The Balaban J connectivity index is 1.11. The highest BCUT2D eigenvalue weighted by atomic mass is 16.5. The van der Waals surface area contributed by atoms with Crippen molar-refractivity contribution in [1.29, 1.82) is 0 Å². The number of aliphatic hydroxyl groups is 1. The number of carbonyl (C=O) groups excluding carboxylic acids is 1. The molecule has 218 valence electrons. The van der Waals surface area contributed by atoms with Crippen LogP contribution in [0.4, 0.5) is 11.4 Å². The molecular weight excluding hydrogens is 506 g/mol. The Kier molecular flexibility index (Phi) is 11.2. The number of amides is 1. The number of hydrogen-bond donors (Lipinski definition) is 4. The summed E-state index contributed by atoms with van der Waals surface area (Å²) in [7, 11) is 1.64. The van der Waals surface area contributed by atoms with Crippen molar-refractivity contribution in [2.24, 2.45) is 0 Å². The molecule has 0 saturated heterocycles. The van der Waals surface area contributed by atoms with Crippen molar-refractivity contribution in [3.63, 3.8) is 0 Å². The summed E-state index contributed by atoms with van der Waals surface area (Å²) in [4.78, 5) is 25.8. The molecule has 0 aromatic heterocycles. The monoisotopic (exact) mass is 551 g/mol. The van der Waals surface area contributed by atoms with Crippen molar-refractivity contribution in [2.75, 3.05) is 43.9 Å². The maximum Gasteiger partial charge on any atom is 0.335 e. The molecule has 2 aromatic rings. The predicted molar refractivity (Wildman–Crippen MR) is 158 cm³/mol. The van der Waals surface area contributed by atoms with Crippen LogP contribution < -0.4 is 10.6 Å². The van der Waals surface area contributed by atoms with Crippen LogP contribution in [0.3, 0.4) is 0 Å². The van der Waals surface area contributed by atoms with E-state index in [0.717, 1.165) is 63.0 Å². The number of rotatable bonds is 17. The highest BCUT2D eigenvalue weighted by Gasteiger charge is 2.34. The SMILES string of the molecule is CN(CCCCCNc1ccc2c(c1)CCC2)C(=O)C(OCCCCNc1ccc2c(c1)CCC2)C(O)C(=O)O. The molecular formula is C32H45N3O5. The summed E-state index contributed by atoms with van der Waals surface area (Å²) in [5, 5.41) is 26.4. The Labute approximate surface area is 238 Å². The van der Waals surface area contributed by atoms with E-state index >= 15 is 0 Å². The highest BCUT2D eigenvalue weighted by molar-refractivity contribution is 5.87. The van der Waals surface area contributed by atoms with Crippen molar-refractivity contribution in [1.82, 2.24) is 4.90 Å². The number of benzene rings is 2. The van der Waals surface area contributed by atoms with Crippen LogP contribution in [-0.4, -0.2) is 72.5 Å². The molecule has 2 unspecified atom stereocenters. The van der Waals surface area contributed by atoms with Crippen LogP contribution >= 0.6 is 0 Å². The summed E-state index contributed by atoms with van der Waals surface area (Å²) >= 11 is 0. The normalized spacial score (nSPS) is 15.2. The van der Waals surface area contributed by atoms with E-state index < -0.39 is 24.1 Å². The number of carboxylic acid groups (broad SMARTS) is 1. The van der Waals surface area contributed by atoms with Crippen molar-refractivity contribution in [3.05, 3.63) is 58.7 Å². The second-order valence-electron chi connectivity index (χ2n) is 11.1. The zero-order chi connectivity index (χ0) is 28.3. The Morgan fingerprint density at radius 2 is 1.38 bits per heavy atom. The molecule has 2 aliphatic carbocycles. The van der Waals surface area contributed by atoms with Gasteiger partial charge >= 0.3 is 5.97 Å². The van der Waals surface area contributed by atoms with Gasteiger partial charge in [0, 0.05) is 44.7 Å². The van der Waals surface area contributed by atoms with Gasteiger partial charge in [0.2, 0.25) is 0 Å². The number of nitrogens with zero attached hydrogens (tertiary/aromatic N) is 1. The Hall–Kier alpha value is -3.10. The Bertz CT molecular complexity index is 1140. The first-order chi connectivity index (χ1) is 19.4. The predicted octanol–water partition coefficient (Wildman–Crippen LogP) is 4.43. The number of aliphatic hydroxyl groups excluding tert-OH is 1. The summed E-state index contributed by atoms with van der Waals surface area (Å²) in [6, 6.07) is 13.2. The minimum Gasteiger partial charge on any atom is -0.479 e. The van der Waals surface area contributed by atoms with Crippen molar-refractivity contribution in [3.8, 4) is 0 Å². The topological polar surface area (TPSA) is 111 Å².